The minimum Gasteiger partial charge on any atom is -0.310 e. The Morgan fingerprint density at radius 3 is 1.29 bits per heavy atom. The summed E-state index contributed by atoms with van der Waals surface area (Å²) in [7, 11) is 0. The van der Waals surface area contributed by atoms with Crippen LogP contribution in [0.2, 0.25) is 0 Å². The van der Waals surface area contributed by atoms with Gasteiger partial charge >= 0.3 is 0 Å². The molecule has 6 heteroatoms. The molecule has 0 saturated carbocycles. The highest BCUT2D eigenvalue weighted by Crippen LogP contribution is 2.46. The molecule has 0 N–H and O–H groups in total. The summed E-state index contributed by atoms with van der Waals surface area (Å²) < 4.78 is 4.71. The molecular formula is C66H44N6. The van der Waals surface area contributed by atoms with Crippen molar-refractivity contribution in [3.8, 4) is 78.9 Å². The first-order valence-corrected chi connectivity index (χ1v) is 24.2. The summed E-state index contributed by atoms with van der Waals surface area (Å²) in [5, 5.41) is 4.55. The molecule has 3 heterocycles. The third-order valence-electron chi connectivity index (χ3n) is 13.9. The number of nitrogens with zero attached hydrogens (tertiary/aromatic N) is 6. The fourth-order valence-corrected chi connectivity index (χ4v) is 10.6. The number of hydrogen-bond acceptors (Lipinski definition) is 3. The largest absolute Gasteiger partial charge is 0.310 e. The van der Waals surface area contributed by atoms with E-state index in [0.717, 1.165) is 93.9 Å². The Labute approximate surface area is 417 Å². The first-order chi connectivity index (χ1) is 35.5. The highest BCUT2D eigenvalue weighted by Gasteiger charge is 2.25. The molecule has 0 fully saturated rings. The molecule has 0 amide bonds. The number of fused-ring (bicyclic) bond motifs is 6. The smallest absolute Gasteiger partial charge is 0.197 e. The minimum atomic E-state index is 0.529. The van der Waals surface area contributed by atoms with E-state index < -0.39 is 0 Å². The highest BCUT2D eigenvalue weighted by atomic mass is 15.0. The minimum absolute atomic E-state index is 0.529. The summed E-state index contributed by atoms with van der Waals surface area (Å²) in [5.41, 5.74) is 17.9. The van der Waals surface area contributed by atoms with Gasteiger partial charge in [-0.15, -0.1) is 0 Å². The number of para-hydroxylation sites is 2. The van der Waals surface area contributed by atoms with E-state index in [4.69, 9.17) is 21.5 Å². The first kappa shape index (κ1) is 42.4. The second-order valence-corrected chi connectivity index (χ2v) is 18.5. The van der Waals surface area contributed by atoms with Gasteiger partial charge in [-0.2, -0.15) is 0 Å². The molecule has 0 aliphatic rings. The maximum atomic E-state index is 8.89. The lowest BCUT2D eigenvalue weighted by Gasteiger charge is -2.21. The van der Waals surface area contributed by atoms with Gasteiger partial charge in [-0.05, 0) is 102 Å². The number of aryl methyl sites for hydroxylation is 2. The van der Waals surface area contributed by atoms with Crippen molar-refractivity contribution in [1.82, 2.24) is 24.1 Å². The van der Waals surface area contributed by atoms with Crippen molar-refractivity contribution in [3.63, 3.8) is 0 Å². The van der Waals surface area contributed by atoms with Crippen molar-refractivity contribution < 1.29 is 0 Å². The molecule has 3 aromatic heterocycles. The fraction of sp³-hybridized carbons (Fsp3) is 0.0303. The summed E-state index contributed by atoms with van der Waals surface area (Å²) >= 11 is 0. The van der Waals surface area contributed by atoms with Gasteiger partial charge in [-0.1, -0.05) is 181 Å². The van der Waals surface area contributed by atoms with Crippen molar-refractivity contribution >= 4 is 49.3 Å². The van der Waals surface area contributed by atoms with E-state index in [9.17, 15) is 0 Å². The van der Waals surface area contributed by atoms with Crippen molar-refractivity contribution in [2.24, 2.45) is 0 Å². The average Bonchev–Trinajstić information content (AvgIpc) is 3.95. The van der Waals surface area contributed by atoms with E-state index in [0.29, 0.717) is 23.2 Å². The highest BCUT2D eigenvalue weighted by molar-refractivity contribution is 6.13. The van der Waals surface area contributed by atoms with E-state index in [1.165, 1.54) is 22.3 Å². The van der Waals surface area contributed by atoms with E-state index in [-0.39, 0.29) is 0 Å². The van der Waals surface area contributed by atoms with Gasteiger partial charge in [0.25, 0.3) is 0 Å². The summed E-state index contributed by atoms with van der Waals surface area (Å²) in [6.45, 7) is 13.2. The van der Waals surface area contributed by atoms with Crippen LogP contribution in [-0.2, 0) is 0 Å². The van der Waals surface area contributed by atoms with Crippen LogP contribution in [0.3, 0.4) is 0 Å². The zero-order valence-corrected chi connectivity index (χ0v) is 39.6. The van der Waals surface area contributed by atoms with Crippen LogP contribution in [0, 0.1) is 20.4 Å². The average molecular weight is 921 g/mol. The Bertz CT molecular complexity index is 4250. The summed E-state index contributed by atoms with van der Waals surface area (Å²) in [5.74, 6) is 1.69. The standard InChI is InChI=1S/C66H44N6/c1-42-17-14-23-46(37-42)48-31-34-59-53(39-48)51-25-10-12-28-57(51)71(59)61-36-33-50(66-69-64(44-19-6-4-7-20-44)68-65(70-66)45-21-8-5-9-22-45)41-55(61)63-56(67-3)27-16-30-62(63)72-58-29-13-11-26-52(58)54-40-49(32-35-60(54)72)47-24-15-18-43(2)38-47/h4-41H,1-2H3. The lowest BCUT2D eigenvalue weighted by atomic mass is 9.96. The molecule has 13 aromatic rings. The van der Waals surface area contributed by atoms with Crippen LogP contribution >= 0.6 is 0 Å². The summed E-state index contributed by atoms with van der Waals surface area (Å²) in [4.78, 5) is 19.8. The third-order valence-corrected chi connectivity index (χ3v) is 13.9. The normalized spacial score (nSPS) is 11.5. The van der Waals surface area contributed by atoms with Gasteiger partial charge in [0.15, 0.2) is 23.2 Å². The van der Waals surface area contributed by atoms with Gasteiger partial charge in [0.05, 0.1) is 34.3 Å². The van der Waals surface area contributed by atoms with Gasteiger partial charge in [0.2, 0.25) is 0 Å². The molecule has 6 nitrogen and oxygen atoms in total. The van der Waals surface area contributed by atoms with Crippen LogP contribution in [0.15, 0.2) is 231 Å². The number of hydrogen-bond donors (Lipinski definition) is 0. The number of benzene rings is 10. The summed E-state index contributed by atoms with van der Waals surface area (Å²) in [6, 6.07) is 80.9. The van der Waals surface area contributed by atoms with E-state index in [1.54, 1.807) is 0 Å². The lowest BCUT2D eigenvalue weighted by Crippen LogP contribution is -2.04. The van der Waals surface area contributed by atoms with Crippen molar-refractivity contribution in [2.75, 3.05) is 0 Å². The van der Waals surface area contributed by atoms with Gasteiger partial charge in [-0.25, -0.2) is 19.8 Å². The number of aromatic nitrogens is 5. The zero-order valence-electron chi connectivity index (χ0n) is 39.6. The predicted molar refractivity (Wildman–Crippen MR) is 297 cm³/mol. The molecule has 338 valence electrons. The molecule has 0 radical (unpaired) electrons. The van der Waals surface area contributed by atoms with Gasteiger partial charge < -0.3 is 9.13 Å². The zero-order chi connectivity index (χ0) is 48.3. The Balaban J connectivity index is 1.11. The maximum absolute atomic E-state index is 8.89. The van der Waals surface area contributed by atoms with Crippen molar-refractivity contribution in [1.29, 1.82) is 0 Å². The van der Waals surface area contributed by atoms with Crippen LogP contribution in [0.5, 0.6) is 0 Å². The Morgan fingerprint density at radius 2 is 0.764 bits per heavy atom. The van der Waals surface area contributed by atoms with E-state index in [1.807, 2.05) is 72.8 Å². The van der Waals surface area contributed by atoms with Gasteiger partial charge in [-0.3, -0.25) is 0 Å². The monoisotopic (exact) mass is 920 g/mol. The molecule has 72 heavy (non-hydrogen) atoms. The molecule has 0 atom stereocenters. The van der Waals surface area contributed by atoms with Crippen molar-refractivity contribution in [2.45, 2.75) is 13.8 Å². The Morgan fingerprint density at radius 1 is 0.333 bits per heavy atom. The quantitative estimate of drug-likeness (QED) is 0.143. The van der Waals surface area contributed by atoms with Crippen molar-refractivity contribution in [3.05, 3.63) is 253 Å². The molecule has 0 unspecified atom stereocenters. The van der Waals surface area contributed by atoms with Gasteiger partial charge in [0, 0.05) is 49.5 Å². The molecule has 0 aliphatic carbocycles. The van der Waals surface area contributed by atoms with Crippen LogP contribution < -0.4 is 0 Å². The van der Waals surface area contributed by atoms with Crippen LogP contribution in [-0.4, -0.2) is 24.1 Å². The maximum Gasteiger partial charge on any atom is 0.197 e. The molecular weight excluding hydrogens is 877 g/mol. The van der Waals surface area contributed by atoms with Gasteiger partial charge in [0.1, 0.15) is 0 Å². The summed E-state index contributed by atoms with van der Waals surface area (Å²) in [6.07, 6.45) is 0. The predicted octanol–water partition coefficient (Wildman–Crippen LogP) is 17.2. The number of rotatable bonds is 8. The second kappa shape index (κ2) is 17.4. The fourth-order valence-electron chi connectivity index (χ4n) is 10.6. The molecule has 0 saturated heterocycles. The van der Waals surface area contributed by atoms with Crippen LogP contribution in [0.25, 0.3) is 127 Å². The third kappa shape index (κ3) is 7.23. The lowest BCUT2D eigenvalue weighted by molar-refractivity contribution is 1.07. The molecule has 13 rings (SSSR count). The topological polar surface area (TPSA) is 52.9 Å². The first-order valence-electron chi connectivity index (χ1n) is 24.2. The Kier molecular flexibility index (Phi) is 10.2. The second-order valence-electron chi connectivity index (χ2n) is 18.5. The molecule has 10 aromatic carbocycles. The van der Waals surface area contributed by atoms with Crippen LogP contribution in [0.4, 0.5) is 5.69 Å². The molecule has 0 bridgehead atoms. The SMILES string of the molecule is [C-]#[N+]c1cccc(-n2c3ccccc3c3cc(-c4cccc(C)c4)ccc32)c1-c1cc(-c2nc(-c3ccccc3)nc(-c3ccccc3)n2)ccc1-n1c2ccccc2c2cc(-c3cccc(C)c3)ccc21. The molecule has 0 spiro atoms. The van der Waals surface area contributed by atoms with E-state index in [2.05, 4.69) is 186 Å². The van der Waals surface area contributed by atoms with Crippen LogP contribution in [0.1, 0.15) is 11.1 Å². The molecule has 0 aliphatic heterocycles. The van der Waals surface area contributed by atoms with E-state index >= 15 is 0 Å². The Hall–Kier alpha value is -9.70.